The highest BCUT2D eigenvalue weighted by atomic mass is 35.5. The summed E-state index contributed by atoms with van der Waals surface area (Å²) in [6, 6.07) is 8.61. The molecule has 0 spiro atoms. The molecule has 0 bridgehead atoms. The first-order chi connectivity index (χ1) is 8.99. The number of anilines is 2. The molecule has 2 rings (SSSR count). The van der Waals surface area contributed by atoms with E-state index in [9.17, 15) is 8.78 Å². The van der Waals surface area contributed by atoms with E-state index in [1.165, 1.54) is 12.1 Å². The predicted molar refractivity (Wildman–Crippen MR) is 77.0 cm³/mol. The second-order valence-electron chi connectivity index (χ2n) is 3.78. The van der Waals surface area contributed by atoms with Gasteiger partial charge >= 0.3 is 0 Å². The zero-order chi connectivity index (χ0) is 14.0. The van der Waals surface area contributed by atoms with Crippen LogP contribution in [0.2, 0.25) is 5.02 Å². The minimum atomic E-state index is -0.966. The number of benzene rings is 2. The second kappa shape index (κ2) is 5.50. The van der Waals surface area contributed by atoms with Gasteiger partial charge in [-0.25, -0.2) is 8.78 Å². The summed E-state index contributed by atoms with van der Waals surface area (Å²) in [5.41, 5.74) is 6.49. The van der Waals surface area contributed by atoms with Gasteiger partial charge < -0.3 is 11.1 Å². The molecule has 0 radical (unpaired) electrons. The molecular weight excluding hydrogens is 290 g/mol. The molecule has 0 saturated heterocycles. The van der Waals surface area contributed by atoms with E-state index in [0.717, 1.165) is 6.07 Å². The third kappa shape index (κ3) is 3.00. The van der Waals surface area contributed by atoms with E-state index in [1.807, 2.05) is 0 Å². The van der Waals surface area contributed by atoms with Crippen LogP contribution in [0.15, 0.2) is 36.4 Å². The number of hydrogen-bond acceptors (Lipinski definition) is 2. The van der Waals surface area contributed by atoms with Crippen molar-refractivity contribution in [3.8, 4) is 0 Å². The molecule has 2 aromatic rings. The van der Waals surface area contributed by atoms with Crippen LogP contribution in [0.4, 0.5) is 20.2 Å². The topological polar surface area (TPSA) is 38.0 Å². The van der Waals surface area contributed by atoms with Crippen molar-refractivity contribution in [3.63, 3.8) is 0 Å². The summed E-state index contributed by atoms with van der Waals surface area (Å²) in [6.07, 6.45) is 0. The van der Waals surface area contributed by atoms with Gasteiger partial charge in [-0.15, -0.1) is 0 Å². The van der Waals surface area contributed by atoms with Gasteiger partial charge in [0.05, 0.1) is 5.69 Å². The average Bonchev–Trinajstić information content (AvgIpc) is 2.36. The van der Waals surface area contributed by atoms with Crippen LogP contribution in [-0.4, -0.2) is 4.99 Å². The van der Waals surface area contributed by atoms with Gasteiger partial charge in [0.15, 0.2) is 11.6 Å². The van der Waals surface area contributed by atoms with Crippen molar-refractivity contribution < 1.29 is 8.78 Å². The molecule has 0 saturated carbocycles. The molecule has 0 amide bonds. The summed E-state index contributed by atoms with van der Waals surface area (Å²) in [5, 5.41) is 3.20. The molecule has 19 heavy (non-hydrogen) atoms. The number of nitrogens with two attached hydrogens (primary N) is 1. The van der Waals surface area contributed by atoms with E-state index in [0.29, 0.717) is 16.3 Å². The Morgan fingerprint density at radius 3 is 2.58 bits per heavy atom. The third-order valence-corrected chi connectivity index (χ3v) is 2.92. The van der Waals surface area contributed by atoms with Gasteiger partial charge in [-0.2, -0.15) is 0 Å². The fraction of sp³-hybridized carbons (Fsp3) is 0. The Hall–Kier alpha value is -1.72. The molecule has 98 valence electrons. The average molecular weight is 299 g/mol. The maximum atomic E-state index is 13.6. The quantitative estimate of drug-likeness (QED) is 0.841. The van der Waals surface area contributed by atoms with Crippen molar-refractivity contribution in [1.29, 1.82) is 0 Å². The fourth-order valence-corrected chi connectivity index (χ4v) is 1.92. The van der Waals surface area contributed by atoms with Crippen LogP contribution in [0.5, 0.6) is 0 Å². The number of thiocarbonyl (C=S) groups is 1. The van der Waals surface area contributed by atoms with Crippen molar-refractivity contribution in [3.05, 3.63) is 58.6 Å². The van der Waals surface area contributed by atoms with Crippen molar-refractivity contribution in [2.75, 3.05) is 5.32 Å². The maximum Gasteiger partial charge on any atom is 0.182 e. The summed E-state index contributed by atoms with van der Waals surface area (Å²) in [5.74, 6) is -1.90. The molecule has 0 aliphatic heterocycles. The van der Waals surface area contributed by atoms with Gasteiger partial charge in [-0.05, 0) is 30.3 Å². The first kappa shape index (κ1) is 13.7. The van der Waals surface area contributed by atoms with Crippen LogP contribution < -0.4 is 11.1 Å². The van der Waals surface area contributed by atoms with E-state index in [2.05, 4.69) is 5.32 Å². The van der Waals surface area contributed by atoms with Gasteiger partial charge in [-0.1, -0.05) is 29.9 Å². The van der Waals surface area contributed by atoms with E-state index in [4.69, 9.17) is 29.6 Å². The summed E-state index contributed by atoms with van der Waals surface area (Å²) >= 11 is 10.7. The zero-order valence-corrected chi connectivity index (χ0v) is 11.2. The predicted octanol–water partition coefficient (Wildman–Crippen LogP) is 4.00. The zero-order valence-electron chi connectivity index (χ0n) is 9.58. The van der Waals surface area contributed by atoms with Crippen molar-refractivity contribution in [2.45, 2.75) is 0 Å². The Morgan fingerprint density at radius 1 is 1.16 bits per heavy atom. The Bertz CT molecular complexity index is 647. The fourth-order valence-electron chi connectivity index (χ4n) is 1.57. The van der Waals surface area contributed by atoms with E-state index >= 15 is 0 Å². The lowest BCUT2D eigenvalue weighted by molar-refractivity contribution is 0.512. The SMILES string of the molecule is NC(=S)c1cc(Cl)ccc1Nc1cccc(F)c1F. The Kier molecular flexibility index (Phi) is 3.97. The number of nitrogens with one attached hydrogen (secondary N) is 1. The standard InChI is InChI=1S/C13H9ClF2N2S/c14-7-4-5-10(8(6-7)13(17)19)18-11-3-1-2-9(15)12(11)16/h1-6,18H,(H2,17,19). The minimum Gasteiger partial charge on any atom is -0.389 e. The maximum absolute atomic E-state index is 13.6. The smallest absolute Gasteiger partial charge is 0.182 e. The summed E-state index contributed by atoms with van der Waals surface area (Å²) in [6.45, 7) is 0. The van der Waals surface area contributed by atoms with Crippen LogP contribution in [0.1, 0.15) is 5.56 Å². The van der Waals surface area contributed by atoms with Crippen LogP contribution in [0, 0.1) is 11.6 Å². The van der Waals surface area contributed by atoms with Gasteiger partial charge in [0.1, 0.15) is 4.99 Å². The minimum absolute atomic E-state index is 0.000164. The molecule has 3 N–H and O–H groups in total. The van der Waals surface area contributed by atoms with Crippen molar-refractivity contribution in [1.82, 2.24) is 0 Å². The second-order valence-corrected chi connectivity index (χ2v) is 4.66. The molecule has 0 aromatic heterocycles. The molecule has 0 unspecified atom stereocenters. The van der Waals surface area contributed by atoms with Gasteiger partial charge in [0.2, 0.25) is 0 Å². The Balaban J connectivity index is 2.44. The van der Waals surface area contributed by atoms with Gasteiger partial charge in [-0.3, -0.25) is 0 Å². The Labute approximate surface area is 119 Å². The van der Waals surface area contributed by atoms with Crippen LogP contribution in [0.3, 0.4) is 0 Å². The lowest BCUT2D eigenvalue weighted by atomic mass is 10.1. The molecule has 2 aromatic carbocycles. The van der Waals surface area contributed by atoms with Crippen LogP contribution in [-0.2, 0) is 0 Å². The van der Waals surface area contributed by atoms with Crippen molar-refractivity contribution >= 4 is 40.2 Å². The lowest BCUT2D eigenvalue weighted by Crippen LogP contribution is -2.12. The number of rotatable bonds is 3. The number of halogens is 3. The Morgan fingerprint density at radius 2 is 1.89 bits per heavy atom. The van der Waals surface area contributed by atoms with Crippen LogP contribution >= 0.6 is 23.8 Å². The highest BCUT2D eigenvalue weighted by molar-refractivity contribution is 7.80. The molecular formula is C13H9ClF2N2S. The van der Waals surface area contributed by atoms with Crippen molar-refractivity contribution in [2.24, 2.45) is 5.73 Å². The van der Waals surface area contributed by atoms with E-state index < -0.39 is 11.6 Å². The third-order valence-electron chi connectivity index (χ3n) is 2.47. The summed E-state index contributed by atoms with van der Waals surface area (Å²) in [7, 11) is 0. The normalized spacial score (nSPS) is 10.3. The van der Waals surface area contributed by atoms with Crippen LogP contribution in [0.25, 0.3) is 0 Å². The van der Waals surface area contributed by atoms with E-state index in [-0.39, 0.29) is 10.7 Å². The largest absolute Gasteiger partial charge is 0.389 e. The molecule has 0 atom stereocenters. The first-order valence-corrected chi connectivity index (χ1v) is 6.08. The first-order valence-electron chi connectivity index (χ1n) is 5.29. The lowest BCUT2D eigenvalue weighted by Gasteiger charge is -2.12. The summed E-state index contributed by atoms with van der Waals surface area (Å²) < 4.78 is 26.7. The molecule has 0 heterocycles. The molecule has 0 aliphatic carbocycles. The molecule has 6 heteroatoms. The summed E-state index contributed by atoms with van der Waals surface area (Å²) in [4.78, 5) is 0.113. The monoisotopic (exact) mass is 298 g/mol. The highest BCUT2D eigenvalue weighted by Crippen LogP contribution is 2.26. The molecule has 0 fully saturated rings. The van der Waals surface area contributed by atoms with Gasteiger partial charge in [0, 0.05) is 16.3 Å². The molecule has 0 aliphatic rings. The number of hydrogen-bond donors (Lipinski definition) is 2. The highest BCUT2D eigenvalue weighted by Gasteiger charge is 2.11. The molecule has 2 nitrogen and oxygen atoms in total. The van der Waals surface area contributed by atoms with E-state index in [1.54, 1.807) is 18.2 Å². The van der Waals surface area contributed by atoms with Gasteiger partial charge in [0.25, 0.3) is 0 Å².